The van der Waals surface area contributed by atoms with Crippen LogP contribution in [0.5, 0.6) is 0 Å². The Labute approximate surface area is 209 Å². The summed E-state index contributed by atoms with van der Waals surface area (Å²) in [6.45, 7) is 2.04. The summed E-state index contributed by atoms with van der Waals surface area (Å²) < 4.78 is 16.6. The smallest absolute Gasteiger partial charge is 0.278 e. The molecule has 0 atom stereocenters. The molecule has 176 valence electrons. The van der Waals surface area contributed by atoms with Crippen LogP contribution in [0.4, 0.5) is 10.1 Å². The van der Waals surface area contributed by atoms with Crippen LogP contribution >= 0.6 is 23.2 Å². The highest BCUT2D eigenvalue weighted by molar-refractivity contribution is 6.31. The number of nitrogens with zero attached hydrogens (tertiary/aromatic N) is 3. The summed E-state index contributed by atoms with van der Waals surface area (Å²) in [4.78, 5) is 31.1. The summed E-state index contributed by atoms with van der Waals surface area (Å²) >= 11 is 12.1. The van der Waals surface area contributed by atoms with Crippen LogP contribution in [0.15, 0.2) is 71.8 Å². The van der Waals surface area contributed by atoms with Gasteiger partial charge in [-0.05, 0) is 48.9 Å². The van der Waals surface area contributed by atoms with Gasteiger partial charge in [-0.2, -0.15) is 0 Å². The zero-order valence-electron chi connectivity index (χ0n) is 18.6. The first-order valence-corrected chi connectivity index (χ1v) is 11.5. The fourth-order valence-corrected chi connectivity index (χ4v) is 4.50. The van der Waals surface area contributed by atoms with E-state index < -0.39 is 11.7 Å². The molecule has 1 N–H and O–H groups in total. The van der Waals surface area contributed by atoms with Crippen LogP contribution in [0.1, 0.15) is 11.1 Å². The van der Waals surface area contributed by atoms with Crippen molar-refractivity contribution in [1.29, 1.82) is 0 Å². The van der Waals surface area contributed by atoms with Crippen molar-refractivity contribution in [2.45, 2.75) is 20.0 Å². The third-order valence-electron chi connectivity index (χ3n) is 5.79. The van der Waals surface area contributed by atoms with Crippen LogP contribution in [0.25, 0.3) is 21.9 Å². The second-order valence-electron chi connectivity index (χ2n) is 8.25. The van der Waals surface area contributed by atoms with Crippen molar-refractivity contribution in [2.24, 2.45) is 0 Å². The van der Waals surface area contributed by atoms with Gasteiger partial charge in [-0.25, -0.2) is 9.37 Å². The van der Waals surface area contributed by atoms with E-state index in [9.17, 15) is 14.0 Å². The molecule has 2 aromatic heterocycles. The summed E-state index contributed by atoms with van der Waals surface area (Å²) in [7, 11) is 0. The second-order valence-corrected chi connectivity index (χ2v) is 9.06. The number of aryl methyl sites for hydroxylation is 1. The lowest BCUT2D eigenvalue weighted by Gasteiger charge is -2.11. The number of aromatic nitrogens is 3. The number of hydrogen-bond donors (Lipinski definition) is 1. The number of benzene rings is 3. The van der Waals surface area contributed by atoms with Crippen LogP contribution in [-0.4, -0.2) is 20.0 Å². The molecule has 0 saturated carbocycles. The van der Waals surface area contributed by atoms with Crippen LogP contribution in [0.2, 0.25) is 10.0 Å². The monoisotopic (exact) mass is 508 g/mol. The summed E-state index contributed by atoms with van der Waals surface area (Å²) in [5.74, 6) is -0.972. The molecule has 35 heavy (non-hydrogen) atoms. The Hall–Kier alpha value is -3.68. The number of fused-ring (bicyclic) bond motifs is 3. The zero-order valence-corrected chi connectivity index (χ0v) is 20.1. The summed E-state index contributed by atoms with van der Waals surface area (Å²) in [5, 5.41) is 3.94. The molecule has 0 bridgehead atoms. The van der Waals surface area contributed by atoms with Gasteiger partial charge in [-0.3, -0.25) is 14.2 Å². The van der Waals surface area contributed by atoms with E-state index in [0.29, 0.717) is 27.3 Å². The maximum atomic E-state index is 13.6. The van der Waals surface area contributed by atoms with Crippen molar-refractivity contribution >= 4 is 56.7 Å². The lowest BCUT2D eigenvalue weighted by Crippen LogP contribution is -2.25. The van der Waals surface area contributed by atoms with Gasteiger partial charge in [0.1, 0.15) is 23.4 Å². The number of nitrogens with one attached hydrogen (secondary N) is 1. The second kappa shape index (κ2) is 9.17. The molecule has 0 aliphatic rings. The van der Waals surface area contributed by atoms with Gasteiger partial charge in [0.05, 0.1) is 23.4 Å². The number of anilines is 1. The number of amides is 1. The number of halogens is 3. The molecule has 1 amide bonds. The molecule has 5 aromatic rings. The maximum Gasteiger partial charge on any atom is 0.278 e. The lowest BCUT2D eigenvalue weighted by atomic mass is 10.1. The van der Waals surface area contributed by atoms with Crippen molar-refractivity contribution in [3.05, 3.63) is 104 Å². The van der Waals surface area contributed by atoms with E-state index in [1.165, 1.54) is 29.1 Å². The molecule has 2 heterocycles. The Kier molecular flexibility index (Phi) is 6.05. The van der Waals surface area contributed by atoms with Crippen molar-refractivity contribution in [3.63, 3.8) is 0 Å². The Bertz CT molecular complexity index is 1680. The SMILES string of the molecule is Cc1ccc2c(c1)c1ncn(Cc3ccccc3Cl)c(=O)c1n2CC(=O)Nc1ccc(F)c(Cl)c1. The molecule has 0 aliphatic heterocycles. The highest BCUT2D eigenvalue weighted by Crippen LogP contribution is 2.27. The predicted octanol–water partition coefficient (Wildman–Crippen LogP) is 5.79. The van der Waals surface area contributed by atoms with Crippen LogP contribution in [0.3, 0.4) is 0 Å². The topological polar surface area (TPSA) is 68.9 Å². The average Bonchev–Trinajstić information content (AvgIpc) is 3.12. The average molecular weight is 509 g/mol. The van der Waals surface area contributed by atoms with Crippen LogP contribution in [0, 0.1) is 12.7 Å². The molecule has 0 radical (unpaired) electrons. The largest absolute Gasteiger partial charge is 0.325 e. The first kappa shape index (κ1) is 23.1. The number of hydrogen-bond acceptors (Lipinski definition) is 3. The van der Waals surface area contributed by atoms with Crippen LogP contribution in [-0.2, 0) is 17.9 Å². The summed E-state index contributed by atoms with van der Waals surface area (Å²) in [6, 6.07) is 16.9. The normalized spacial score (nSPS) is 11.3. The van der Waals surface area contributed by atoms with Gasteiger partial charge < -0.3 is 9.88 Å². The lowest BCUT2D eigenvalue weighted by molar-refractivity contribution is -0.116. The fraction of sp³-hybridized carbons (Fsp3) is 0.115. The highest BCUT2D eigenvalue weighted by Gasteiger charge is 2.19. The van der Waals surface area contributed by atoms with E-state index in [1.54, 1.807) is 10.6 Å². The van der Waals surface area contributed by atoms with Crippen LogP contribution < -0.4 is 10.9 Å². The fourth-order valence-electron chi connectivity index (χ4n) is 4.12. The third-order valence-corrected chi connectivity index (χ3v) is 6.44. The van der Waals surface area contributed by atoms with Crippen molar-refractivity contribution < 1.29 is 9.18 Å². The summed E-state index contributed by atoms with van der Waals surface area (Å²) in [5.41, 5.74) is 3.38. The van der Waals surface area contributed by atoms with Gasteiger partial charge in [0, 0.05) is 16.1 Å². The first-order valence-electron chi connectivity index (χ1n) is 10.8. The number of carbonyl (C=O) groups is 1. The molecule has 3 aromatic carbocycles. The number of rotatable bonds is 5. The molecule has 0 unspecified atom stereocenters. The van der Waals surface area contributed by atoms with Gasteiger partial charge in [0.15, 0.2) is 0 Å². The van der Waals surface area contributed by atoms with E-state index in [2.05, 4.69) is 10.3 Å². The quantitative estimate of drug-likeness (QED) is 0.326. The van der Waals surface area contributed by atoms with Gasteiger partial charge >= 0.3 is 0 Å². The minimum Gasteiger partial charge on any atom is -0.325 e. The number of carbonyl (C=O) groups excluding carboxylic acids is 1. The van der Waals surface area contributed by atoms with Crippen molar-refractivity contribution in [3.8, 4) is 0 Å². The van der Waals surface area contributed by atoms with Gasteiger partial charge in [-0.15, -0.1) is 0 Å². The molecular formula is C26H19Cl2FN4O2. The molecule has 0 saturated heterocycles. The zero-order chi connectivity index (χ0) is 24.7. The Morgan fingerprint density at radius 1 is 1.06 bits per heavy atom. The summed E-state index contributed by atoms with van der Waals surface area (Å²) in [6.07, 6.45) is 1.50. The van der Waals surface area contributed by atoms with Gasteiger partial charge in [0.25, 0.3) is 5.56 Å². The van der Waals surface area contributed by atoms with E-state index in [0.717, 1.165) is 16.5 Å². The third kappa shape index (κ3) is 4.40. The highest BCUT2D eigenvalue weighted by atomic mass is 35.5. The van der Waals surface area contributed by atoms with E-state index in [-0.39, 0.29) is 23.7 Å². The standard InChI is InChI=1S/C26H19Cl2FN4O2/c1-15-6-9-22-18(10-15)24-25(26(35)32(14-30-24)12-16-4-2-3-5-19(16)27)33(22)13-23(34)31-17-7-8-21(29)20(28)11-17/h2-11,14H,12-13H2,1H3,(H,31,34). The maximum absolute atomic E-state index is 13.6. The first-order chi connectivity index (χ1) is 16.8. The van der Waals surface area contributed by atoms with E-state index >= 15 is 0 Å². The minimum absolute atomic E-state index is 0.0956. The Balaban J connectivity index is 1.60. The Morgan fingerprint density at radius 3 is 2.63 bits per heavy atom. The molecule has 0 spiro atoms. The van der Waals surface area contributed by atoms with Gasteiger partial charge in [0.2, 0.25) is 5.91 Å². The molecule has 6 nitrogen and oxygen atoms in total. The molecular weight excluding hydrogens is 490 g/mol. The minimum atomic E-state index is -0.576. The van der Waals surface area contributed by atoms with Crippen molar-refractivity contribution in [1.82, 2.24) is 14.1 Å². The van der Waals surface area contributed by atoms with E-state index in [1.807, 2.05) is 43.3 Å². The van der Waals surface area contributed by atoms with Crippen molar-refractivity contribution in [2.75, 3.05) is 5.32 Å². The predicted molar refractivity (Wildman–Crippen MR) is 137 cm³/mol. The van der Waals surface area contributed by atoms with Gasteiger partial charge in [-0.1, -0.05) is 53.0 Å². The molecule has 9 heteroatoms. The molecule has 5 rings (SSSR count). The Morgan fingerprint density at radius 2 is 1.86 bits per heavy atom. The molecule has 0 fully saturated rings. The van der Waals surface area contributed by atoms with E-state index in [4.69, 9.17) is 23.2 Å². The molecule has 0 aliphatic carbocycles.